The smallest absolute Gasteiger partial charge is 0.0116 e. The molecule has 3 aromatic carbocycles. The van der Waals surface area contributed by atoms with Crippen molar-refractivity contribution >= 4 is 16.3 Å². The molecule has 2 aliphatic rings. The average Bonchev–Trinajstić information content (AvgIpc) is 2.77. The van der Waals surface area contributed by atoms with Crippen LogP contribution in [0.4, 0.5) is 0 Å². The number of hydrogen-bond acceptors (Lipinski definition) is 0. The monoisotopic (exact) mass is 378 g/mol. The molecule has 0 amide bonds. The molecule has 0 aliphatic heterocycles. The van der Waals surface area contributed by atoms with Crippen molar-refractivity contribution in [1.29, 1.82) is 0 Å². The highest BCUT2D eigenvalue weighted by molar-refractivity contribution is 5.98. The molecule has 0 spiro atoms. The first-order valence-electron chi connectivity index (χ1n) is 11.3. The Morgan fingerprint density at radius 2 is 1.66 bits per heavy atom. The SMILES string of the molecule is CCc1cccc(CC)c1-c1cc(C)c2c3c(ccc2c1)C1=C(CCC=C1)CC3. The zero-order valence-electron chi connectivity index (χ0n) is 17.9. The third-order valence-corrected chi connectivity index (χ3v) is 6.96. The predicted octanol–water partition coefficient (Wildman–Crippen LogP) is 7.99. The van der Waals surface area contributed by atoms with Gasteiger partial charge in [-0.05, 0) is 107 Å². The first kappa shape index (κ1) is 18.4. The highest BCUT2D eigenvalue weighted by Crippen LogP contribution is 2.42. The summed E-state index contributed by atoms with van der Waals surface area (Å²) < 4.78 is 0. The Bertz CT molecular complexity index is 1150. The van der Waals surface area contributed by atoms with Gasteiger partial charge < -0.3 is 0 Å². The van der Waals surface area contributed by atoms with E-state index in [0.29, 0.717) is 0 Å². The summed E-state index contributed by atoms with van der Waals surface area (Å²) in [6, 6.07) is 16.4. The van der Waals surface area contributed by atoms with Crippen molar-refractivity contribution in [1.82, 2.24) is 0 Å². The third kappa shape index (κ3) is 2.97. The van der Waals surface area contributed by atoms with Gasteiger partial charge in [-0.2, -0.15) is 0 Å². The van der Waals surface area contributed by atoms with Gasteiger partial charge in [-0.25, -0.2) is 0 Å². The van der Waals surface area contributed by atoms with E-state index in [1.54, 1.807) is 11.1 Å². The highest BCUT2D eigenvalue weighted by Gasteiger charge is 2.22. The fourth-order valence-electron chi connectivity index (χ4n) is 5.56. The molecule has 0 heteroatoms. The number of allylic oxidation sites excluding steroid dienone is 4. The lowest BCUT2D eigenvalue weighted by molar-refractivity contribution is 0.831. The number of aryl methyl sites for hydroxylation is 4. The number of hydrogen-bond donors (Lipinski definition) is 0. The molecular weight excluding hydrogens is 348 g/mol. The van der Waals surface area contributed by atoms with Gasteiger partial charge in [0, 0.05) is 0 Å². The highest BCUT2D eigenvalue weighted by atomic mass is 14.3. The Morgan fingerprint density at radius 3 is 2.41 bits per heavy atom. The van der Waals surface area contributed by atoms with Crippen molar-refractivity contribution in [3.8, 4) is 11.1 Å². The Kier molecular flexibility index (Phi) is 4.66. The van der Waals surface area contributed by atoms with Crippen molar-refractivity contribution in [3.63, 3.8) is 0 Å². The maximum Gasteiger partial charge on any atom is -0.0116 e. The van der Waals surface area contributed by atoms with Crippen molar-refractivity contribution in [3.05, 3.63) is 88.0 Å². The Balaban J connectivity index is 1.73. The lowest BCUT2D eigenvalue weighted by atomic mass is 9.78. The van der Waals surface area contributed by atoms with Crippen LogP contribution in [0.1, 0.15) is 60.9 Å². The van der Waals surface area contributed by atoms with E-state index >= 15 is 0 Å². The van der Waals surface area contributed by atoms with E-state index in [-0.39, 0.29) is 0 Å². The largest absolute Gasteiger partial charge is 0.0836 e. The summed E-state index contributed by atoms with van der Waals surface area (Å²) in [4.78, 5) is 0. The molecular formula is C29H30. The molecule has 0 heterocycles. The minimum Gasteiger partial charge on any atom is -0.0836 e. The van der Waals surface area contributed by atoms with Gasteiger partial charge in [0.15, 0.2) is 0 Å². The van der Waals surface area contributed by atoms with Crippen LogP contribution in [0.5, 0.6) is 0 Å². The quantitative estimate of drug-likeness (QED) is 0.433. The van der Waals surface area contributed by atoms with Crippen LogP contribution in [0, 0.1) is 6.92 Å². The van der Waals surface area contributed by atoms with Crippen LogP contribution >= 0.6 is 0 Å². The van der Waals surface area contributed by atoms with Crippen molar-refractivity contribution in [2.24, 2.45) is 0 Å². The van der Waals surface area contributed by atoms with Crippen LogP contribution in [-0.4, -0.2) is 0 Å². The van der Waals surface area contributed by atoms with Crippen molar-refractivity contribution in [2.45, 2.75) is 59.3 Å². The van der Waals surface area contributed by atoms with Gasteiger partial charge in [0.05, 0.1) is 0 Å². The predicted molar refractivity (Wildman–Crippen MR) is 126 cm³/mol. The van der Waals surface area contributed by atoms with Gasteiger partial charge in [0.1, 0.15) is 0 Å². The maximum absolute atomic E-state index is 2.44. The van der Waals surface area contributed by atoms with Crippen LogP contribution < -0.4 is 0 Å². The molecule has 5 rings (SSSR count). The van der Waals surface area contributed by atoms with E-state index in [2.05, 4.69) is 75.4 Å². The lowest BCUT2D eigenvalue weighted by Crippen LogP contribution is -2.07. The normalized spacial score (nSPS) is 15.6. The minimum atomic E-state index is 1.08. The average molecular weight is 379 g/mol. The zero-order valence-corrected chi connectivity index (χ0v) is 17.9. The number of rotatable bonds is 3. The fraction of sp³-hybridized carbons (Fsp3) is 0.310. The molecule has 0 saturated carbocycles. The summed E-state index contributed by atoms with van der Waals surface area (Å²) in [6.45, 7) is 6.85. The second-order valence-corrected chi connectivity index (χ2v) is 8.60. The minimum absolute atomic E-state index is 1.08. The molecule has 3 aromatic rings. The Hall–Kier alpha value is -2.60. The second-order valence-electron chi connectivity index (χ2n) is 8.60. The van der Waals surface area contributed by atoms with E-state index < -0.39 is 0 Å². The van der Waals surface area contributed by atoms with Crippen LogP contribution in [0.15, 0.2) is 60.2 Å². The Labute approximate surface area is 175 Å². The summed E-state index contributed by atoms with van der Waals surface area (Å²) in [5, 5.41) is 2.89. The number of fused-ring (bicyclic) bond motifs is 4. The van der Waals surface area contributed by atoms with Gasteiger partial charge in [0.25, 0.3) is 0 Å². The van der Waals surface area contributed by atoms with Crippen LogP contribution in [0.2, 0.25) is 0 Å². The third-order valence-electron chi connectivity index (χ3n) is 6.96. The van der Waals surface area contributed by atoms with Gasteiger partial charge in [-0.15, -0.1) is 0 Å². The first-order chi connectivity index (χ1) is 14.2. The summed E-state index contributed by atoms with van der Waals surface area (Å²) in [5.41, 5.74) is 13.4. The Morgan fingerprint density at radius 1 is 0.862 bits per heavy atom. The van der Waals surface area contributed by atoms with E-state index in [9.17, 15) is 0 Å². The molecule has 146 valence electrons. The molecule has 2 aliphatic carbocycles. The molecule has 0 bridgehead atoms. The first-order valence-corrected chi connectivity index (χ1v) is 11.3. The summed E-state index contributed by atoms with van der Waals surface area (Å²) >= 11 is 0. The van der Waals surface area contributed by atoms with Crippen molar-refractivity contribution in [2.75, 3.05) is 0 Å². The summed E-state index contributed by atoms with van der Waals surface area (Å²) in [7, 11) is 0. The van der Waals surface area contributed by atoms with Crippen LogP contribution in [0.25, 0.3) is 27.5 Å². The van der Waals surface area contributed by atoms with E-state index in [4.69, 9.17) is 0 Å². The molecule has 0 saturated heterocycles. The molecule has 0 radical (unpaired) electrons. The van der Waals surface area contributed by atoms with Gasteiger partial charge in [-0.3, -0.25) is 0 Å². The molecule has 0 N–H and O–H groups in total. The molecule has 0 fully saturated rings. The summed E-state index contributed by atoms with van der Waals surface area (Å²) in [6.07, 6.45) is 11.7. The van der Waals surface area contributed by atoms with Crippen LogP contribution in [0.3, 0.4) is 0 Å². The maximum atomic E-state index is 2.44. The number of benzene rings is 3. The lowest BCUT2D eigenvalue weighted by Gasteiger charge is -2.26. The molecule has 0 atom stereocenters. The van der Waals surface area contributed by atoms with Crippen molar-refractivity contribution < 1.29 is 0 Å². The van der Waals surface area contributed by atoms with E-state index in [0.717, 1.165) is 12.8 Å². The van der Waals surface area contributed by atoms with Gasteiger partial charge >= 0.3 is 0 Å². The second kappa shape index (κ2) is 7.34. The van der Waals surface area contributed by atoms with E-state index in [1.807, 2.05) is 0 Å². The summed E-state index contributed by atoms with van der Waals surface area (Å²) in [5.74, 6) is 0. The molecule has 0 unspecified atom stereocenters. The zero-order chi connectivity index (χ0) is 20.0. The fourth-order valence-corrected chi connectivity index (χ4v) is 5.56. The van der Waals surface area contributed by atoms with E-state index in [1.165, 1.54) is 75.4 Å². The van der Waals surface area contributed by atoms with Crippen LogP contribution in [-0.2, 0) is 19.3 Å². The van der Waals surface area contributed by atoms with Gasteiger partial charge in [0.2, 0.25) is 0 Å². The van der Waals surface area contributed by atoms with Gasteiger partial charge in [-0.1, -0.05) is 68.0 Å². The standard InChI is InChI=1S/C29H30/c1-4-20-10-8-11-21(5-2)29(20)24-17-19(3)28-23(18-24)14-15-26-25-12-7-6-9-22(25)13-16-27(26)28/h7-8,10-12,14-15,17-18H,4-6,9,13,16H2,1-3H3. The molecule has 29 heavy (non-hydrogen) atoms. The molecule has 0 aromatic heterocycles. The molecule has 0 nitrogen and oxygen atoms in total. The topological polar surface area (TPSA) is 0 Å².